The van der Waals surface area contributed by atoms with Crippen molar-refractivity contribution in [3.05, 3.63) is 29.6 Å². The van der Waals surface area contributed by atoms with Crippen molar-refractivity contribution in [1.29, 1.82) is 0 Å². The van der Waals surface area contributed by atoms with Crippen LogP contribution in [0.5, 0.6) is 0 Å². The van der Waals surface area contributed by atoms with Gasteiger partial charge in [-0.15, -0.1) is 0 Å². The molecule has 1 aliphatic heterocycles. The van der Waals surface area contributed by atoms with Gasteiger partial charge in [-0.05, 0) is 36.5 Å². The summed E-state index contributed by atoms with van der Waals surface area (Å²) in [5.74, 6) is -1.00. The Morgan fingerprint density at radius 1 is 1.29 bits per heavy atom. The van der Waals surface area contributed by atoms with Crippen LogP contribution in [0, 0.1) is 17.7 Å². The summed E-state index contributed by atoms with van der Waals surface area (Å²) in [6.45, 7) is 5.38. The van der Waals surface area contributed by atoms with E-state index in [1.54, 1.807) is 4.90 Å². The van der Waals surface area contributed by atoms with Crippen LogP contribution < -0.4 is 5.32 Å². The lowest BCUT2D eigenvalue weighted by Crippen LogP contribution is -2.44. The molecule has 1 saturated heterocycles. The van der Waals surface area contributed by atoms with Crippen molar-refractivity contribution in [2.75, 3.05) is 18.4 Å². The average Bonchev–Trinajstić information content (AvgIpc) is 2.37. The third-order valence-electron chi connectivity index (χ3n) is 3.61. The van der Waals surface area contributed by atoms with E-state index >= 15 is 0 Å². The minimum absolute atomic E-state index is 0.0154. The number of benzene rings is 1. The van der Waals surface area contributed by atoms with Gasteiger partial charge in [-0.1, -0.05) is 13.8 Å². The maximum atomic E-state index is 13.3. The molecule has 21 heavy (non-hydrogen) atoms. The summed E-state index contributed by atoms with van der Waals surface area (Å²) in [5, 5.41) is 11.6. The number of anilines is 1. The number of carboxylic acid groups (broad SMARTS) is 1. The zero-order chi connectivity index (χ0) is 15.6. The first-order chi connectivity index (χ1) is 9.86. The second-order valence-electron chi connectivity index (χ2n) is 5.78. The molecule has 0 bridgehead atoms. The van der Waals surface area contributed by atoms with Crippen LogP contribution in [0.15, 0.2) is 18.2 Å². The van der Waals surface area contributed by atoms with Gasteiger partial charge in [0.15, 0.2) is 0 Å². The molecule has 1 heterocycles. The number of amides is 2. The summed E-state index contributed by atoms with van der Waals surface area (Å²) in [6.07, 6.45) is 1.06. The number of piperidine rings is 1. The Kier molecular flexibility index (Phi) is 4.45. The van der Waals surface area contributed by atoms with E-state index in [1.807, 2.05) is 0 Å². The molecule has 2 atom stereocenters. The second-order valence-corrected chi connectivity index (χ2v) is 5.78. The molecular formula is C15H19FN2O3. The molecule has 1 aromatic rings. The van der Waals surface area contributed by atoms with Crippen molar-refractivity contribution in [2.45, 2.75) is 20.3 Å². The van der Waals surface area contributed by atoms with E-state index in [0.717, 1.165) is 24.6 Å². The molecule has 0 aromatic heterocycles. The average molecular weight is 294 g/mol. The normalized spacial score (nSPS) is 22.0. The van der Waals surface area contributed by atoms with Crippen LogP contribution in [0.25, 0.3) is 0 Å². The molecule has 0 saturated carbocycles. The predicted octanol–water partition coefficient (Wildman–Crippen LogP) is 3.03. The molecule has 2 rings (SSSR count). The van der Waals surface area contributed by atoms with Crippen molar-refractivity contribution >= 4 is 17.7 Å². The molecule has 0 spiro atoms. The fourth-order valence-corrected chi connectivity index (χ4v) is 2.83. The number of carboxylic acids is 1. The van der Waals surface area contributed by atoms with Crippen LogP contribution in [0.2, 0.25) is 0 Å². The maximum Gasteiger partial charge on any atom is 0.337 e. The third kappa shape index (κ3) is 3.71. The Balaban J connectivity index is 2.16. The smallest absolute Gasteiger partial charge is 0.337 e. The number of carbonyl (C=O) groups is 2. The van der Waals surface area contributed by atoms with Crippen LogP contribution >= 0.6 is 0 Å². The SMILES string of the molecule is CC1CC(C)CN(C(=O)Nc2cc(F)ccc2C(=O)O)C1. The van der Waals surface area contributed by atoms with Crippen LogP contribution in [0.4, 0.5) is 14.9 Å². The van der Waals surface area contributed by atoms with Gasteiger partial charge in [-0.25, -0.2) is 14.0 Å². The minimum atomic E-state index is -1.20. The molecule has 5 nitrogen and oxygen atoms in total. The molecule has 6 heteroatoms. The number of halogens is 1. The molecule has 0 radical (unpaired) electrons. The summed E-state index contributed by atoms with van der Waals surface area (Å²) in [4.78, 5) is 25.0. The number of aromatic carboxylic acids is 1. The Hall–Kier alpha value is -2.11. The molecule has 2 unspecified atom stereocenters. The number of urea groups is 1. The molecule has 114 valence electrons. The van der Waals surface area contributed by atoms with E-state index in [9.17, 15) is 14.0 Å². The van der Waals surface area contributed by atoms with E-state index in [4.69, 9.17) is 5.11 Å². The number of carbonyl (C=O) groups excluding carboxylic acids is 1. The monoisotopic (exact) mass is 294 g/mol. The zero-order valence-electron chi connectivity index (χ0n) is 12.1. The Bertz CT molecular complexity index is 552. The van der Waals surface area contributed by atoms with Gasteiger partial charge < -0.3 is 15.3 Å². The summed E-state index contributed by atoms with van der Waals surface area (Å²) in [6, 6.07) is 2.85. The predicted molar refractivity (Wildman–Crippen MR) is 76.9 cm³/mol. The zero-order valence-corrected chi connectivity index (χ0v) is 12.1. The van der Waals surface area contributed by atoms with Gasteiger partial charge in [0.25, 0.3) is 0 Å². The van der Waals surface area contributed by atoms with Gasteiger partial charge in [0.05, 0.1) is 11.3 Å². The van der Waals surface area contributed by atoms with Crippen LogP contribution in [0.1, 0.15) is 30.6 Å². The van der Waals surface area contributed by atoms with E-state index in [-0.39, 0.29) is 17.3 Å². The van der Waals surface area contributed by atoms with Gasteiger partial charge in [0.2, 0.25) is 0 Å². The number of nitrogens with zero attached hydrogens (tertiary/aromatic N) is 1. The Labute approximate surface area is 122 Å². The lowest BCUT2D eigenvalue weighted by Gasteiger charge is -2.35. The highest BCUT2D eigenvalue weighted by Crippen LogP contribution is 2.23. The second kappa shape index (κ2) is 6.11. The molecule has 1 aromatic carbocycles. The fourth-order valence-electron chi connectivity index (χ4n) is 2.83. The third-order valence-corrected chi connectivity index (χ3v) is 3.61. The van der Waals surface area contributed by atoms with Crippen molar-refractivity contribution in [3.63, 3.8) is 0 Å². The van der Waals surface area contributed by atoms with Crippen molar-refractivity contribution in [3.8, 4) is 0 Å². The number of likely N-dealkylation sites (tertiary alicyclic amines) is 1. The highest BCUT2D eigenvalue weighted by Gasteiger charge is 2.26. The first kappa shape index (κ1) is 15.3. The fraction of sp³-hybridized carbons (Fsp3) is 0.467. The van der Waals surface area contributed by atoms with Crippen LogP contribution in [-0.2, 0) is 0 Å². The van der Waals surface area contributed by atoms with Crippen molar-refractivity contribution in [1.82, 2.24) is 4.90 Å². The van der Waals surface area contributed by atoms with E-state index in [1.165, 1.54) is 0 Å². The van der Waals surface area contributed by atoms with E-state index < -0.39 is 11.8 Å². The topological polar surface area (TPSA) is 69.6 Å². The highest BCUT2D eigenvalue weighted by molar-refractivity contribution is 6.00. The Morgan fingerprint density at radius 2 is 1.90 bits per heavy atom. The lowest BCUT2D eigenvalue weighted by atomic mass is 9.92. The molecule has 1 aliphatic rings. The van der Waals surface area contributed by atoms with Gasteiger partial charge in [-0.2, -0.15) is 0 Å². The van der Waals surface area contributed by atoms with Gasteiger partial charge in [0, 0.05) is 13.1 Å². The minimum Gasteiger partial charge on any atom is -0.478 e. The van der Waals surface area contributed by atoms with Gasteiger partial charge in [0.1, 0.15) is 5.82 Å². The van der Waals surface area contributed by atoms with E-state index in [2.05, 4.69) is 19.2 Å². The van der Waals surface area contributed by atoms with E-state index in [0.29, 0.717) is 24.9 Å². The Morgan fingerprint density at radius 3 is 2.48 bits per heavy atom. The first-order valence-electron chi connectivity index (χ1n) is 6.95. The summed E-state index contributed by atoms with van der Waals surface area (Å²) >= 11 is 0. The number of hydrogen-bond acceptors (Lipinski definition) is 2. The van der Waals surface area contributed by atoms with Crippen LogP contribution in [-0.4, -0.2) is 35.1 Å². The quantitative estimate of drug-likeness (QED) is 0.880. The number of hydrogen-bond donors (Lipinski definition) is 2. The van der Waals surface area contributed by atoms with Gasteiger partial charge in [-0.3, -0.25) is 0 Å². The number of rotatable bonds is 2. The van der Waals surface area contributed by atoms with Crippen molar-refractivity contribution in [2.24, 2.45) is 11.8 Å². The van der Waals surface area contributed by atoms with Crippen molar-refractivity contribution < 1.29 is 19.1 Å². The molecule has 2 amide bonds. The largest absolute Gasteiger partial charge is 0.478 e. The molecule has 1 fully saturated rings. The summed E-state index contributed by atoms with van der Waals surface area (Å²) < 4.78 is 13.3. The molecular weight excluding hydrogens is 275 g/mol. The maximum absolute atomic E-state index is 13.3. The highest BCUT2D eigenvalue weighted by atomic mass is 19.1. The summed E-state index contributed by atoms with van der Waals surface area (Å²) in [7, 11) is 0. The molecule has 2 N–H and O–H groups in total. The van der Waals surface area contributed by atoms with Crippen LogP contribution in [0.3, 0.4) is 0 Å². The first-order valence-corrected chi connectivity index (χ1v) is 6.95. The number of nitrogens with one attached hydrogen (secondary N) is 1. The summed E-state index contributed by atoms with van der Waals surface area (Å²) in [5.41, 5.74) is -0.138. The lowest BCUT2D eigenvalue weighted by molar-refractivity contribution is 0.0698. The van der Waals surface area contributed by atoms with Gasteiger partial charge >= 0.3 is 12.0 Å². The standard InChI is InChI=1S/C15H19FN2O3/c1-9-5-10(2)8-18(7-9)15(21)17-13-6-11(16)3-4-12(13)14(19)20/h3-4,6,9-10H,5,7-8H2,1-2H3,(H,17,21)(H,19,20). The molecule has 0 aliphatic carbocycles.